The van der Waals surface area contributed by atoms with Crippen molar-refractivity contribution in [3.63, 3.8) is 0 Å². The van der Waals surface area contributed by atoms with Crippen LogP contribution in [0.1, 0.15) is 131 Å². The van der Waals surface area contributed by atoms with Crippen LogP contribution >= 0.6 is 0 Å². The maximum atomic E-state index is 10.5. The molecule has 4 rings (SSSR count). The quantitative estimate of drug-likeness (QED) is 0.171. The molecule has 3 fully saturated rings. The number of rotatable bonds is 11. The maximum Gasteiger partial charge on any atom is 0.119 e. The predicted octanol–water partition coefficient (Wildman–Crippen LogP) is 8.93. The highest BCUT2D eigenvalue weighted by Crippen LogP contribution is 2.68. The second-order valence-corrected chi connectivity index (χ2v) is 13.8. The molecule has 0 aromatic heterocycles. The molecule has 4 aliphatic carbocycles. The number of unbranched alkanes of at least 4 members (excludes halogenated alkanes) is 4. The van der Waals surface area contributed by atoms with E-state index in [1.165, 1.54) is 70.6 Å². The van der Waals surface area contributed by atoms with Crippen molar-refractivity contribution in [2.75, 3.05) is 6.61 Å². The van der Waals surface area contributed by atoms with Crippen LogP contribution in [0.2, 0.25) is 0 Å². The molecule has 0 saturated heterocycles. The summed E-state index contributed by atoms with van der Waals surface area (Å²) in [5.74, 6) is 3.64. The van der Waals surface area contributed by atoms with Gasteiger partial charge in [0, 0.05) is 13.0 Å². The standard InChI is InChI=1S/C32H54O2/c1-6-7-9-18-30(2,3)29-15-14-27-26-13-12-24-23-25(34-22-11-8-10-21-33)16-19-31(24,4)28(26)17-20-32(27,29)5/h12,21,25-29H,6-11,13-20,22-23H2,1-5H3. The van der Waals surface area contributed by atoms with Crippen LogP contribution in [0.3, 0.4) is 0 Å². The molecule has 194 valence electrons. The molecule has 0 spiro atoms. The van der Waals surface area contributed by atoms with E-state index in [1.807, 2.05) is 0 Å². The number of hydrogen-bond acceptors (Lipinski definition) is 2. The van der Waals surface area contributed by atoms with Gasteiger partial charge in [-0.2, -0.15) is 0 Å². The number of aldehydes is 1. The summed E-state index contributed by atoms with van der Waals surface area (Å²) < 4.78 is 6.28. The highest BCUT2D eigenvalue weighted by molar-refractivity contribution is 5.48. The van der Waals surface area contributed by atoms with Gasteiger partial charge in [-0.1, -0.05) is 65.5 Å². The van der Waals surface area contributed by atoms with Crippen molar-refractivity contribution >= 4 is 6.29 Å². The molecule has 0 aromatic carbocycles. The van der Waals surface area contributed by atoms with Crippen LogP contribution in [0.15, 0.2) is 11.6 Å². The second kappa shape index (κ2) is 10.8. The molecule has 7 unspecified atom stereocenters. The Labute approximate surface area is 211 Å². The van der Waals surface area contributed by atoms with Gasteiger partial charge in [-0.05, 0) is 111 Å². The van der Waals surface area contributed by atoms with E-state index in [0.29, 0.717) is 28.8 Å². The molecular formula is C32H54O2. The van der Waals surface area contributed by atoms with Crippen molar-refractivity contribution in [1.82, 2.24) is 0 Å². The predicted molar refractivity (Wildman–Crippen MR) is 143 cm³/mol. The van der Waals surface area contributed by atoms with E-state index in [2.05, 4.69) is 40.7 Å². The zero-order chi connectivity index (χ0) is 24.4. The largest absolute Gasteiger partial charge is 0.378 e. The van der Waals surface area contributed by atoms with Crippen LogP contribution < -0.4 is 0 Å². The number of ether oxygens (including phenoxy) is 1. The molecule has 0 aliphatic heterocycles. The number of carbonyl (C=O) groups excluding carboxylic acids is 1. The van der Waals surface area contributed by atoms with Gasteiger partial charge in [-0.25, -0.2) is 0 Å². The Hall–Kier alpha value is -0.630. The number of carbonyl (C=O) groups is 1. The zero-order valence-corrected chi connectivity index (χ0v) is 23.2. The Morgan fingerprint density at radius 3 is 2.62 bits per heavy atom. The van der Waals surface area contributed by atoms with Gasteiger partial charge in [-0.15, -0.1) is 0 Å². The highest BCUT2D eigenvalue weighted by atomic mass is 16.5. The molecule has 3 saturated carbocycles. The van der Waals surface area contributed by atoms with Crippen LogP contribution in [0.5, 0.6) is 0 Å². The third-order valence-electron chi connectivity index (χ3n) is 11.5. The monoisotopic (exact) mass is 470 g/mol. The molecule has 0 N–H and O–H groups in total. The first-order valence-electron chi connectivity index (χ1n) is 15.0. The fraction of sp³-hybridized carbons (Fsp3) is 0.906. The Kier molecular flexibility index (Phi) is 8.38. The molecule has 0 bridgehead atoms. The van der Waals surface area contributed by atoms with E-state index in [-0.39, 0.29) is 0 Å². The van der Waals surface area contributed by atoms with Crippen molar-refractivity contribution < 1.29 is 9.53 Å². The van der Waals surface area contributed by atoms with E-state index in [4.69, 9.17) is 4.74 Å². The normalized spacial score (nSPS) is 39.7. The molecule has 0 heterocycles. The van der Waals surface area contributed by atoms with Crippen LogP contribution in [-0.4, -0.2) is 19.0 Å². The van der Waals surface area contributed by atoms with Crippen molar-refractivity contribution in [2.24, 2.45) is 39.9 Å². The molecule has 2 heteroatoms. The molecule has 0 amide bonds. The van der Waals surface area contributed by atoms with Gasteiger partial charge >= 0.3 is 0 Å². The van der Waals surface area contributed by atoms with Gasteiger partial charge in [-0.3, -0.25) is 0 Å². The van der Waals surface area contributed by atoms with Gasteiger partial charge in [0.05, 0.1) is 6.10 Å². The minimum Gasteiger partial charge on any atom is -0.378 e. The Bertz CT molecular complexity index is 723. The third-order valence-corrected chi connectivity index (χ3v) is 11.5. The lowest BCUT2D eigenvalue weighted by Crippen LogP contribution is -2.51. The van der Waals surface area contributed by atoms with Crippen LogP contribution in [0.25, 0.3) is 0 Å². The minimum absolute atomic E-state index is 0.403. The highest BCUT2D eigenvalue weighted by Gasteiger charge is 2.60. The number of fused-ring (bicyclic) bond motifs is 5. The van der Waals surface area contributed by atoms with E-state index >= 15 is 0 Å². The summed E-state index contributed by atoms with van der Waals surface area (Å²) in [6, 6.07) is 0. The Morgan fingerprint density at radius 1 is 1.03 bits per heavy atom. The average Bonchev–Trinajstić information content (AvgIpc) is 3.17. The lowest BCUT2D eigenvalue weighted by Gasteiger charge is -2.59. The summed E-state index contributed by atoms with van der Waals surface area (Å²) in [7, 11) is 0. The van der Waals surface area contributed by atoms with Gasteiger partial charge in [0.15, 0.2) is 0 Å². The Morgan fingerprint density at radius 2 is 1.85 bits per heavy atom. The third kappa shape index (κ3) is 4.96. The van der Waals surface area contributed by atoms with E-state index in [0.717, 1.165) is 55.8 Å². The first kappa shape index (κ1) is 26.4. The lowest BCUT2D eigenvalue weighted by atomic mass is 9.46. The van der Waals surface area contributed by atoms with Gasteiger partial charge in [0.1, 0.15) is 6.29 Å². The van der Waals surface area contributed by atoms with Gasteiger partial charge in [0.25, 0.3) is 0 Å². The van der Waals surface area contributed by atoms with Gasteiger partial charge in [0.2, 0.25) is 0 Å². The summed E-state index contributed by atoms with van der Waals surface area (Å²) in [6.07, 6.45) is 23.2. The lowest BCUT2D eigenvalue weighted by molar-refractivity contribution is -0.108. The number of hydrogen-bond donors (Lipinski definition) is 0. The minimum atomic E-state index is 0.403. The molecule has 2 nitrogen and oxygen atoms in total. The maximum absolute atomic E-state index is 10.5. The van der Waals surface area contributed by atoms with E-state index in [1.54, 1.807) is 5.57 Å². The summed E-state index contributed by atoms with van der Waals surface area (Å²) in [5.41, 5.74) is 3.19. The summed E-state index contributed by atoms with van der Waals surface area (Å²) in [6.45, 7) is 13.7. The molecule has 0 aromatic rings. The van der Waals surface area contributed by atoms with Crippen LogP contribution in [-0.2, 0) is 9.53 Å². The Balaban J connectivity index is 1.41. The molecule has 7 atom stereocenters. The van der Waals surface area contributed by atoms with Crippen molar-refractivity contribution in [2.45, 2.75) is 137 Å². The van der Waals surface area contributed by atoms with Crippen LogP contribution in [0.4, 0.5) is 0 Å². The van der Waals surface area contributed by atoms with Crippen molar-refractivity contribution in [3.8, 4) is 0 Å². The zero-order valence-electron chi connectivity index (χ0n) is 23.2. The smallest absolute Gasteiger partial charge is 0.119 e. The molecular weight excluding hydrogens is 416 g/mol. The molecule has 0 radical (unpaired) electrons. The van der Waals surface area contributed by atoms with Gasteiger partial charge < -0.3 is 9.53 Å². The fourth-order valence-electron chi connectivity index (χ4n) is 9.64. The second-order valence-electron chi connectivity index (χ2n) is 13.8. The molecule has 34 heavy (non-hydrogen) atoms. The molecule has 4 aliphatic rings. The van der Waals surface area contributed by atoms with E-state index < -0.39 is 0 Å². The summed E-state index contributed by atoms with van der Waals surface area (Å²) in [5, 5.41) is 0. The first-order valence-corrected chi connectivity index (χ1v) is 15.0. The SMILES string of the molecule is CCCCCC(C)(C)C1CCC2C3CC=C4CC(OCCCCC=O)CCC4(C)C3CCC21C. The summed E-state index contributed by atoms with van der Waals surface area (Å²) in [4.78, 5) is 10.5. The fourth-order valence-corrected chi connectivity index (χ4v) is 9.64. The summed E-state index contributed by atoms with van der Waals surface area (Å²) >= 11 is 0. The van der Waals surface area contributed by atoms with Crippen molar-refractivity contribution in [1.29, 1.82) is 0 Å². The van der Waals surface area contributed by atoms with Crippen LogP contribution in [0, 0.1) is 39.9 Å². The first-order chi connectivity index (χ1) is 16.3. The number of allylic oxidation sites excluding steroid dienone is 1. The average molecular weight is 471 g/mol. The van der Waals surface area contributed by atoms with E-state index in [9.17, 15) is 4.79 Å². The van der Waals surface area contributed by atoms with Crippen molar-refractivity contribution in [3.05, 3.63) is 11.6 Å². The topological polar surface area (TPSA) is 26.3 Å².